The Hall–Kier alpha value is -2.82. The summed E-state index contributed by atoms with van der Waals surface area (Å²) in [5.74, 6) is 0.314. The smallest absolute Gasteiger partial charge is 0.252 e. The van der Waals surface area contributed by atoms with Crippen molar-refractivity contribution >= 4 is 33.9 Å². The number of hydrogen-bond donors (Lipinski definition) is 0. The summed E-state index contributed by atoms with van der Waals surface area (Å²) in [6, 6.07) is 11.1. The van der Waals surface area contributed by atoms with Gasteiger partial charge in [-0.05, 0) is 31.0 Å². The van der Waals surface area contributed by atoms with Crippen LogP contribution < -0.4 is 4.58 Å². The molecule has 4 nitrogen and oxygen atoms in total. The molecule has 0 bridgehead atoms. The van der Waals surface area contributed by atoms with Gasteiger partial charge in [-0.3, -0.25) is 4.79 Å². The summed E-state index contributed by atoms with van der Waals surface area (Å²) in [4.78, 5) is 12.9. The first-order valence-corrected chi connectivity index (χ1v) is 11.3. The van der Waals surface area contributed by atoms with E-state index in [1.165, 1.54) is 55.5 Å². The average molecular weight is 419 g/mol. The topological polar surface area (TPSA) is 37.9 Å². The minimum Gasteiger partial charge on any atom is -0.272 e. The van der Waals surface area contributed by atoms with Crippen molar-refractivity contribution < 1.29 is 9.18 Å². The fraction of sp³-hybridized carbons (Fsp3) is 0.423. The molecule has 2 aromatic carbocycles. The predicted octanol–water partition coefficient (Wildman–Crippen LogP) is 6.27. The van der Waals surface area contributed by atoms with Gasteiger partial charge in [0.05, 0.1) is 18.1 Å². The van der Waals surface area contributed by atoms with Gasteiger partial charge in [-0.25, -0.2) is 4.39 Å². The molecule has 0 radical (unpaired) electrons. The van der Waals surface area contributed by atoms with E-state index in [-0.39, 0.29) is 11.7 Å². The largest absolute Gasteiger partial charge is 0.272 e. The van der Waals surface area contributed by atoms with Crippen molar-refractivity contribution in [3.63, 3.8) is 0 Å². The standard InChI is InChI=1S/C26H29FN3O/c1-26(2,3)25(31)30-24-14-18-13-22(17-7-5-4-6-8-17)29(21-11-9-20(27)10-12-21)23(18)15-19(24)16-28-30/h9-12,14-17H,4-8,13H2,1-3H3/q+1. The Balaban J connectivity index is 1.65. The summed E-state index contributed by atoms with van der Waals surface area (Å²) >= 11 is 0. The van der Waals surface area contributed by atoms with Crippen LogP contribution in [0, 0.1) is 17.2 Å². The molecule has 1 fully saturated rings. The number of halogens is 1. The van der Waals surface area contributed by atoms with Gasteiger partial charge in [-0.15, -0.1) is 0 Å². The van der Waals surface area contributed by atoms with Crippen molar-refractivity contribution in [3.8, 4) is 0 Å². The summed E-state index contributed by atoms with van der Waals surface area (Å²) in [7, 11) is 0. The molecule has 5 rings (SSSR count). The van der Waals surface area contributed by atoms with E-state index in [2.05, 4.69) is 21.8 Å². The van der Waals surface area contributed by atoms with Crippen LogP contribution in [0.25, 0.3) is 10.9 Å². The van der Waals surface area contributed by atoms with E-state index in [1.54, 1.807) is 10.9 Å². The highest BCUT2D eigenvalue weighted by Gasteiger charge is 2.38. The van der Waals surface area contributed by atoms with Gasteiger partial charge in [0.15, 0.2) is 5.71 Å². The zero-order chi connectivity index (χ0) is 21.8. The minimum atomic E-state index is -0.502. The highest BCUT2D eigenvalue weighted by Crippen LogP contribution is 2.39. The molecule has 2 aliphatic rings. The Bertz CT molecular complexity index is 1190. The first-order valence-electron chi connectivity index (χ1n) is 11.3. The van der Waals surface area contributed by atoms with E-state index in [4.69, 9.17) is 0 Å². The number of hydrogen-bond acceptors (Lipinski definition) is 2. The molecule has 0 atom stereocenters. The van der Waals surface area contributed by atoms with Crippen LogP contribution in [0.3, 0.4) is 0 Å². The fourth-order valence-electron chi connectivity index (χ4n) is 5.02. The molecule has 31 heavy (non-hydrogen) atoms. The van der Waals surface area contributed by atoms with Crippen molar-refractivity contribution in [2.24, 2.45) is 11.3 Å². The molecule has 1 saturated carbocycles. The Kier molecular flexibility index (Phi) is 4.80. The number of carbonyl (C=O) groups excluding carboxylic acids is 1. The monoisotopic (exact) mass is 418 g/mol. The third-order valence-corrected chi connectivity index (χ3v) is 6.66. The van der Waals surface area contributed by atoms with Crippen molar-refractivity contribution in [2.75, 3.05) is 0 Å². The minimum absolute atomic E-state index is 0.00711. The molecular weight excluding hydrogens is 389 g/mol. The van der Waals surface area contributed by atoms with Gasteiger partial charge >= 0.3 is 0 Å². The number of carbonyl (C=O) groups is 1. The van der Waals surface area contributed by atoms with Crippen LogP contribution in [0.5, 0.6) is 0 Å². The first-order chi connectivity index (χ1) is 14.8. The number of fused-ring (bicyclic) bond motifs is 2. The van der Waals surface area contributed by atoms with Crippen molar-refractivity contribution in [1.29, 1.82) is 0 Å². The third-order valence-electron chi connectivity index (χ3n) is 6.66. The highest BCUT2D eigenvalue weighted by atomic mass is 19.1. The zero-order valence-corrected chi connectivity index (χ0v) is 18.5. The molecule has 0 N–H and O–H groups in total. The lowest BCUT2D eigenvalue weighted by atomic mass is 9.84. The van der Waals surface area contributed by atoms with Crippen LogP contribution in [0.4, 0.5) is 15.8 Å². The second-order valence-corrected chi connectivity index (χ2v) is 9.97. The van der Waals surface area contributed by atoms with Crippen molar-refractivity contribution in [3.05, 3.63) is 54.0 Å². The Morgan fingerprint density at radius 1 is 1.10 bits per heavy atom. The van der Waals surface area contributed by atoms with Gasteiger partial charge in [0, 0.05) is 40.5 Å². The molecule has 0 spiro atoms. The average Bonchev–Trinajstić information content (AvgIpc) is 3.33. The van der Waals surface area contributed by atoms with Gasteiger partial charge in [0.25, 0.3) is 5.91 Å². The quantitative estimate of drug-likeness (QED) is 0.460. The van der Waals surface area contributed by atoms with E-state index in [0.717, 1.165) is 28.7 Å². The maximum absolute atomic E-state index is 13.6. The number of aromatic nitrogens is 2. The van der Waals surface area contributed by atoms with E-state index in [0.29, 0.717) is 5.92 Å². The van der Waals surface area contributed by atoms with Crippen molar-refractivity contribution in [1.82, 2.24) is 14.4 Å². The second kappa shape index (κ2) is 7.40. The van der Waals surface area contributed by atoms with Gasteiger partial charge in [0.2, 0.25) is 11.4 Å². The van der Waals surface area contributed by atoms with Gasteiger partial charge in [-0.2, -0.15) is 14.4 Å². The number of benzene rings is 2. The summed E-state index contributed by atoms with van der Waals surface area (Å²) < 4.78 is 17.5. The fourth-order valence-corrected chi connectivity index (χ4v) is 5.02. The second-order valence-electron chi connectivity index (χ2n) is 9.97. The zero-order valence-electron chi connectivity index (χ0n) is 18.5. The molecule has 3 aromatic rings. The van der Waals surface area contributed by atoms with Gasteiger partial charge in [0.1, 0.15) is 5.82 Å². The lowest BCUT2D eigenvalue weighted by Crippen LogP contribution is -2.27. The van der Waals surface area contributed by atoms with Crippen LogP contribution >= 0.6 is 0 Å². The molecule has 0 amide bonds. The Morgan fingerprint density at radius 2 is 1.81 bits per heavy atom. The lowest BCUT2D eigenvalue weighted by Gasteiger charge is -2.19. The Labute approximate surface area is 182 Å². The molecule has 1 aromatic heterocycles. The molecule has 160 valence electrons. The Morgan fingerprint density at radius 3 is 2.48 bits per heavy atom. The first kappa shape index (κ1) is 20.1. The molecule has 0 unspecified atom stereocenters. The molecule has 0 saturated heterocycles. The van der Waals surface area contributed by atoms with Gasteiger partial charge < -0.3 is 0 Å². The number of nitrogens with zero attached hydrogens (tertiary/aromatic N) is 3. The van der Waals surface area contributed by atoms with Crippen LogP contribution in [0.1, 0.15) is 63.2 Å². The predicted molar refractivity (Wildman–Crippen MR) is 123 cm³/mol. The summed E-state index contributed by atoms with van der Waals surface area (Å²) in [5.41, 5.74) is 5.09. The van der Waals surface area contributed by atoms with E-state index in [9.17, 15) is 9.18 Å². The maximum Gasteiger partial charge on any atom is 0.252 e. The summed E-state index contributed by atoms with van der Waals surface area (Å²) in [6.45, 7) is 5.75. The summed E-state index contributed by atoms with van der Waals surface area (Å²) in [5, 5.41) is 5.36. The molecule has 1 aliphatic heterocycles. The van der Waals surface area contributed by atoms with Crippen LogP contribution in [0.15, 0.2) is 42.6 Å². The van der Waals surface area contributed by atoms with Crippen LogP contribution in [0.2, 0.25) is 0 Å². The third kappa shape index (κ3) is 3.50. The maximum atomic E-state index is 13.6. The normalized spacial score (nSPS) is 17.4. The molecule has 2 heterocycles. The van der Waals surface area contributed by atoms with Crippen LogP contribution in [-0.4, -0.2) is 21.4 Å². The molecular formula is C26H29FN3O+. The molecule has 5 heteroatoms. The van der Waals surface area contributed by atoms with Gasteiger partial charge in [-0.1, -0.05) is 40.0 Å². The van der Waals surface area contributed by atoms with E-state index in [1.807, 2.05) is 32.9 Å². The lowest BCUT2D eigenvalue weighted by molar-refractivity contribution is 0.0755. The van der Waals surface area contributed by atoms with E-state index >= 15 is 0 Å². The number of rotatable bonds is 2. The van der Waals surface area contributed by atoms with Crippen molar-refractivity contribution in [2.45, 2.75) is 59.3 Å². The molecule has 1 aliphatic carbocycles. The highest BCUT2D eigenvalue weighted by molar-refractivity contribution is 6.02. The van der Waals surface area contributed by atoms with E-state index < -0.39 is 5.41 Å². The van der Waals surface area contributed by atoms with Crippen LogP contribution in [-0.2, 0) is 6.42 Å². The SMILES string of the molecule is CC(C)(C)C(=O)n1ncc2cc3c(cc21)CC(C1CCCCC1)=[N+]3c1ccc(F)cc1. The summed E-state index contributed by atoms with van der Waals surface area (Å²) in [6.07, 6.45) is 8.88.